The molecule has 2 heterocycles. The van der Waals surface area contributed by atoms with Crippen LogP contribution < -0.4 is 4.74 Å². The number of hydrogen-bond donors (Lipinski definition) is 0. The maximum absolute atomic E-state index is 13.4. The van der Waals surface area contributed by atoms with E-state index in [1.54, 1.807) is 12.1 Å². The van der Waals surface area contributed by atoms with Crippen LogP contribution in [0.15, 0.2) is 64.9 Å². The van der Waals surface area contributed by atoms with Crippen molar-refractivity contribution in [2.75, 3.05) is 20.2 Å². The largest absolute Gasteiger partial charge is 0.495 e. The Morgan fingerprint density at radius 1 is 1.10 bits per heavy atom. The van der Waals surface area contributed by atoms with Crippen LogP contribution in [0.4, 0.5) is 0 Å². The molecule has 1 aromatic heterocycles. The maximum Gasteiger partial charge on any atom is 0.247 e. The van der Waals surface area contributed by atoms with Gasteiger partial charge in [-0.1, -0.05) is 36.4 Å². The summed E-state index contributed by atoms with van der Waals surface area (Å²) in [6.07, 6.45) is 2.67. The molecule has 0 N–H and O–H groups in total. The maximum atomic E-state index is 13.4. The second-order valence-electron chi connectivity index (χ2n) is 6.83. The fourth-order valence-electron chi connectivity index (χ4n) is 3.46. The Hall–Kier alpha value is -2.48. The summed E-state index contributed by atoms with van der Waals surface area (Å²) in [4.78, 5) is 4.66. The van der Waals surface area contributed by atoms with E-state index < -0.39 is 10.0 Å². The third kappa shape index (κ3) is 3.99. The van der Waals surface area contributed by atoms with Gasteiger partial charge in [0.2, 0.25) is 10.0 Å². The summed E-state index contributed by atoms with van der Waals surface area (Å²) in [6, 6.07) is 15.3. The molecule has 0 bridgehead atoms. The van der Waals surface area contributed by atoms with Gasteiger partial charge in [0.1, 0.15) is 10.6 Å². The highest BCUT2D eigenvalue weighted by Gasteiger charge is 2.29. The highest BCUT2D eigenvalue weighted by molar-refractivity contribution is 7.89. The summed E-state index contributed by atoms with van der Waals surface area (Å²) in [7, 11) is -2.20. The lowest BCUT2D eigenvalue weighted by Gasteiger charge is -2.26. The number of ether oxygens (including phenoxy) is 1. The zero-order valence-corrected chi connectivity index (χ0v) is 18.0. The van der Waals surface area contributed by atoms with Crippen molar-refractivity contribution in [1.82, 2.24) is 9.29 Å². The minimum atomic E-state index is -3.69. The van der Waals surface area contributed by atoms with Crippen molar-refractivity contribution in [2.24, 2.45) is 0 Å². The molecular formula is C22H22N2O3S2. The molecular weight excluding hydrogens is 404 g/mol. The molecule has 0 aliphatic carbocycles. The van der Waals surface area contributed by atoms with Crippen molar-refractivity contribution in [2.45, 2.75) is 18.2 Å². The quantitative estimate of drug-likeness (QED) is 0.598. The minimum Gasteiger partial charge on any atom is -0.495 e. The van der Waals surface area contributed by atoms with Gasteiger partial charge in [-0.2, -0.15) is 4.31 Å². The Kier molecular flexibility index (Phi) is 5.54. The van der Waals surface area contributed by atoms with Gasteiger partial charge < -0.3 is 4.74 Å². The highest BCUT2D eigenvalue weighted by atomic mass is 32.2. The Bertz CT molecular complexity index is 1150. The highest BCUT2D eigenvalue weighted by Crippen LogP contribution is 2.34. The molecule has 3 aromatic rings. The average Bonchev–Trinajstić information content (AvgIpc) is 3.20. The third-order valence-electron chi connectivity index (χ3n) is 5.01. The predicted octanol–water partition coefficient (Wildman–Crippen LogP) is 4.61. The molecule has 150 valence electrons. The fraction of sp³-hybridized carbons (Fsp3) is 0.227. The number of thiazole rings is 1. The zero-order chi connectivity index (χ0) is 20.4. The molecule has 0 radical (unpaired) electrons. The molecule has 0 spiro atoms. The number of sulfonamides is 1. The smallest absolute Gasteiger partial charge is 0.247 e. The van der Waals surface area contributed by atoms with E-state index >= 15 is 0 Å². The van der Waals surface area contributed by atoms with Crippen molar-refractivity contribution < 1.29 is 13.2 Å². The first-order valence-corrected chi connectivity index (χ1v) is 11.7. The molecule has 5 nitrogen and oxygen atoms in total. The van der Waals surface area contributed by atoms with Gasteiger partial charge in [-0.05, 0) is 42.7 Å². The van der Waals surface area contributed by atoms with E-state index in [-0.39, 0.29) is 4.90 Å². The van der Waals surface area contributed by atoms with Gasteiger partial charge in [0.15, 0.2) is 0 Å². The van der Waals surface area contributed by atoms with Crippen LogP contribution in [0.5, 0.6) is 5.75 Å². The number of nitrogens with zero attached hydrogens (tertiary/aromatic N) is 2. The molecule has 0 amide bonds. The molecule has 0 fully saturated rings. The van der Waals surface area contributed by atoms with Crippen LogP contribution in [0, 0.1) is 6.92 Å². The molecule has 0 saturated carbocycles. The molecule has 0 saturated heterocycles. The third-order valence-corrected chi connectivity index (χ3v) is 7.67. The second kappa shape index (κ2) is 8.10. The zero-order valence-electron chi connectivity index (χ0n) is 16.3. The molecule has 1 aliphatic heterocycles. The average molecular weight is 427 g/mol. The second-order valence-corrected chi connectivity index (χ2v) is 9.79. The Morgan fingerprint density at radius 3 is 2.52 bits per heavy atom. The number of aromatic nitrogens is 1. The van der Waals surface area contributed by atoms with Crippen LogP contribution in [0.3, 0.4) is 0 Å². The summed E-state index contributed by atoms with van der Waals surface area (Å²) in [5.41, 5.74) is 3.86. The number of methoxy groups -OCH3 is 1. The van der Waals surface area contributed by atoms with E-state index in [4.69, 9.17) is 4.74 Å². The van der Waals surface area contributed by atoms with Gasteiger partial charge in [-0.25, -0.2) is 13.4 Å². The van der Waals surface area contributed by atoms with Gasteiger partial charge in [0.05, 0.1) is 17.8 Å². The summed E-state index contributed by atoms with van der Waals surface area (Å²) in [6.45, 7) is 2.71. The Labute approximate surface area is 175 Å². The molecule has 29 heavy (non-hydrogen) atoms. The lowest BCUT2D eigenvalue weighted by molar-refractivity contribution is 0.395. The van der Waals surface area contributed by atoms with Crippen LogP contribution >= 0.6 is 11.3 Å². The van der Waals surface area contributed by atoms with E-state index in [0.29, 0.717) is 25.3 Å². The topological polar surface area (TPSA) is 59.5 Å². The van der Waals surface area contributed by atoms with Crippen LogP contribution in [0.2, 0.25) is 0 Å². The molecule has 4 rings (SSSR count). The Morgan fingerprint density at radius 2 is 1.90 bits per heavy atom. The standard InChI is InChI=1S/C22H22N2O3S2/c1-16-23-20(15-28-16)19-8-9-21(27-2)22(14-19)29(25,26)24-12-10-18(11-13-24)17-6-4-3-5-7-17/h3-10,14-15H,11-13H2,1-2H3. The molecule has 0 atom stereocenters. The lowest BCUT2D eigenvalue weighted by atomic mass is 10.0. The van der Waals surface area contributed by atoms with Crippen molar-refractivity contribution in [3.63, 3.8) is 0 Å². The summed E-state index contributed by atoms with van der Waals surface area (Å²) >= 11 is 1.54. The first-order chi connectivity index (χ1) is 14.0. The monoisotopic (exact) mass is 426 g/mol. The number of hydrogen-bond acceptors (Lipinski definition) is 5. The lowest BCUT2D eigenvalue weighted by Crippen LogP contribution is -2.34. The van der Waals surface area contributed by atoms with Gasteiger partial charge in [0.25, 0.3) is 0 Å². The predicted molar refractivity (Wildman–Crippen MR) is 117 cm³/mol. The van der Waals surface area contributed by atoms with Crippen molar-refractivity contribution >= 4 is 26.9 Å². The van der Waals surface area contributed by atoms with E-state index in [0.717, 1.165) is 21.8 Å². The fourth-order valence-corrected chi connectivity index (χ4v) is 5.64. The van der Waals surface area contributed by atoms with Crippen LogP contribution in [-0.2, 0) is 10.0 Å². The van der Waals surface area contributed by atoms with Gasteiger partial charge in [0, 0.05) is 24.0 Å². The summed E-state index contributed by atoms with van der Waals surface area (Å²) < 4.78 is 33.7. The van der Waals surface area contributed by atoms with Gasteiger partial charge in [-0.15, -0.1) is 11.3 Å². The molecule has 7 heteroatoms. The van der Waals surface area contributed by atoms with E-state index in [1.165, 1.54) is 28.3 Å². The Balaban J connectivity index is 1.66. The molecule has 2 aromatic carbocycles. The first kappa shape index (κ1) is 19.8. The van der Waals surface area contributed by atoms with Gasteiger partial charge >= 0.3 is 0 Å². The minimum absolute atomic E-state index is 0.180. The van der Waals surface area contributed by atoms with E-state index in [9.17, 15) is 8.42 Å². The SMILES string of the molecule is COc1ccc(-c2csc(C)n2)cc1S(=O)(=O)N1CC=C(c2ccccc2)CC1. The van der Waals surface area contributed by atoms with Crippen LogP contribution in [-0.4, -0.2) is 37.9 Å². The van der Waals surface area contributed by atoms with E-state index in [1.807, 2.05) is 42.6 Å². The number of aryl methyl sites for hydroxylation is 1. The summed E-state index contributed by atoms with van der Waals surface area (Å²) in [5, 5.41) is 2.87. The van der Waals surface area contributed by atoms with E-state index in [2.05, 4.69) is 17.1 Å². The number of benzene rings is 2. The van der Waals surface area contributed by atoms with Crippen molar-refractivity contribution in [3.05, 3.63) is 70.6 Å². The first-order valence-electron chi connectivity index (χ1n) is 9.34. The van der Waals surface area contributed by atoms with Gasteiger partial charge in [-0.3, -0.25) is 0 Å². The molecule has 0 unspecified atom stereocenters. The number of rotatable bonds is 5. The van der Waals surface area contributed by atoms with Crippen molar-refractivity contribution in [1.29, 1.82) is 0 Å². The van der Waals surface area contributed by atoms with Crippen LogP contribution in [0.25, 0.3) is 16.8 Å². The van der Waals surface area contributed by atoms with Crippen molar-refractivity contribution in [3.8, 4) is 17.0 Å². The normalized spacial score (nSPS) is 15.2. The molecule has 1 aliphatic rings. The van der Waals surface area contributed by atoms with Crippen LogP contribution in [0.1, 0.15) is 17.0 Å². The summed E-state index contributed by atoms with van der Waals surface area (Å²) in [5.74, 6) is 0.346.